The van der Waals surface area contributed by atoms with Crippen molar-refractivity contribution in [3.05, 3.63) is 59.1 Å². The van der Waals surface area contributed by atoms with E-state index in [1.807, 2.05) is 6.07 Å². The average molecular weight is 521 g/mol. The van der Waals surface area contributed by atoms with Crippen molar-refractivity contribution in [3.63, 3.8) is 0 Å². The Morgan fingerprint density at radius 1 is 1.18 bits per heavy atom. The fourth-order valence-electron chi connectivity index (χ4n) is 6.14. The van der Waals surface area contributed by atoms with Crippen molar-refractivity contribution in [2.45, 2.75) is 57.5 Å². The summed E-state index contributed by atoms with van der Waals surface area (Å²) >= 11 is 0. The van der Waals surface area contributed by atoms with Gasteiger partial charge in [0.2, 0.25) is 0 Å². The molecule has 2 bridgehead atoms. The van der Waals surface area contributed by atoms with Crippen LogP contribution in [0.4, 0.5) is 8.78 Å². The first-order valence-electron chi connectivity index (χ1n) is 12.7. The van der Waals surface area contributed by atoms with Gasteiger partial charge in [-0.05, 0) is 63.6 Å². The Kier molecular flexibility index (Phi) is 4.61. The molecule has 4 aromatic rings. The Bertz CT molecular complexity index is 1660. The number of alkyl halides is 2. The molecule has 1 saturated heterocycles. The Balaban J connectivity index is 1.18. The number of hydrogen-bond acceptors (Lipinski definition) is 5. The Hall–Kier alpha value is -3.95. The molecular formula is C28H26F2N4O4. The quantitative estimate of drug-likeness (QED) is 0.388. The molecule has 38 heavy (non-hydrogen) atoms. The lowest BCUT2D eigenvalue weighted by Gasteiger charge is -2.61. The van der Waals surface area contributed by atoms with E-state index in [2.05, 4.69) is 10.4 Å². The van der Waals surface area contributed by atoms with Crippen LogP contribution in [0.2, 0.25) is 0 Å². The highest BCUT2D eigenvalue weighted by Crippen LogP contribution is 2.57. The molecule has 1 aliphatic heterocycles. The molecule has 3 aliphatic carbocycles. The van der Waals surface area contributed by atoms with Crippen LogP contribution in [0.3, 0.4) is 0 Å². The van der Waals surface area contributed by atoms with Crippen LogP contribution in [0.5, 0.6) is 11.5 Å². The van der Waals surface area contributed by atoms with Crippen LogP contribution in [0, 0.1) is 19.8 Å². The van der Waals surface area contributed by atoms with Gasteiger partial charge in [0.25, 0.3) is 17.7 Å². The first-order chi connectivity index (χ1) is 18.1. The number of aromatic nitrogens is 2. The summed E-state index contributed by atoms with van der Waals surface area (Å²) in [5, 5.41) is 8.19. The van der Waals surface area contributed by atoms with E-state index in [1.54, 1.807) is 44.4 Å². The van der Waals surface area contributed by atoms with Gasteiger partial charge < -0.3 is 19.4 Å². The number of carbonyl (C=O) groups excluding carboxylic acids is 2. The maximum atomic E-state index is 13.7. The van der Waals surface area contributed by atoms with E-state index < -0.39 is 24.4 Å². The lowest BCUT2D eigenvalue weighted by molar-refractivity contribution is -0.156. The average Bonchev–Trinajstić information content (AvgIpc) is 3.34. The summed E-state index contributed by atoms with van der Waals surface area (Å²) in [5.41, 5.74) is 2.49. The zero-order valence-electron chi connectivity index (χ0n) is 21.2. The normalized spacial score (nSPS) is 25.0. The smallest absolute Gasteiger partial charge is 0.284 e. The van der Waals surface area contributed by atoms with Crippen molar-refractivity contribution in [2.24, 2.45) is 5.92 Å². The van der Waals surface area contributed by atoms with Crippen LogP contribution in [-0.2, 0) is 0 Å². The van der Waals surface area contributed by atoms with Crippen molar-refractivity contribution in [3.8, 4) is 11.5 Å². The largest absolute Gasteiger partial charge is 0.460 e. The second kappa shape index (κ2) is 7.55. The summed E-state index contributed by atoms with van der Waals surface area (Å²) in [6.45, 7) is 4.27. The first-order valence-corrected chi connectivity index (χ1v) is 12.7. The number of fused-ring (bicyclic) bond motifs is 2. The van der Waals surface area contributed by atoms with Gasteiger partial charge in [0.05, 0.1) is 29.9 Å². The predicted molar refractivity (Wildman–Crippen MR) is 134 cm³/mol. The van der Waals surface area contributed by atoms with Crippen LogP contribution in [0.25, 0.3) is 16.5 Å². The molecule has 196 valence electrons. The zero-order chi connectivity index (χ0) is 26.6. The van der Waals surface area contributed by atoms with E-state index in [0.717, 1.165) is 30.1 Å². The third kappa shape index (κ3) is 3.21. The fourth-order valence-corrected chi connectivity index (χ4v) is 6.14. The molecule has 0 spiro atoms. The first kappa shape index (κ1) is 23.2. The molecule has 8 nitrogen and oxygen atoms in total. The minimum absolute atomic E-state index is 0.0303. The predicted octanol–water partition coefficient (Wildman–Crippen LogP) is 5.25. The molecule has 10 heteroatoms. The summed E-state index contributed by atoms with van der Waals surface area (Å²) in [6, 6.07) is 5.82. The summed E-state index contributed by atoms with van der Waals surface area (Å²) < 4.78 is 41.0. The highest BCUT2D eigenvalue weighted by atomic mass is 19.3. The third-order valence-electron chi connectivity index (χ3n) is 8.55. The summed E-state index contributed by atoms with van der Waals surface area (Å²) in [6.07, 6.45) is 6.25. The van der Waals surface area contributed by atoms with Gasteiger partial charge in [-0.25, -0.2) is 13.3 Å². The number of furan rings is 1. The molecule has 8 rings (SSSR count). The van der Waals surface area contributed by atoms with Gasteiger partial charge in [-0.3, -0.25) is 9.59 Å². The van der Waals surface area contributed by atoms with E-state index in [-0.39, 0.29) is 11.4 Å². The highest BCUT2D eigenvalue weighted by molar-refractivity contribution is 6.08. The number of halogens is 2. The number of nitrogens with zero attached hydrogens (tertiary/aromatic N) is 3. The van der Waals surface area contributed by atoms with Gasteiger partial charge >= 0.3 is 0 Å². The lowest BCUT2D eigenvalue weighted by Crippen LogP contribution is -2.68. The molecule has 0 radical (unpaired) electrons. The minimum Gasteiger partial charge on any atom is -0.460 e. The minimum atomic E-state index is -2.88. The molecule has 3 saturated carbocycles. The number of benzene rings is 1. The number of amides is 2. The van der Waals surface area contributed by atoms with Crippen molar-refractivity contribution in [1.82, 2.24) is 19.8 Å². The van der Waals surface area contributed by atoms with E-state index >= 15 is 0 Å². The number of hydrogen-bond donors (Lipinski definition) is 1. The molecule has 1 unspecified atom stereocenters. The van der Waals surface area contributed by atoms with Gasteiger partial charge in [-0.2, -0.15) is 5.10 Å². The zero-order valence-corrected chi connectivity index (χ0v) is 21.2. The van der Waals surface area contributed by atoms with Crippen LogP contribution in [0.15, 0.2) is 41.1 Å². The highest BCUT2D eigenvalue weighted by Gasteiger charge is 2.57. The standard InChI is InChI=1S/C28H26F2N4O4/c1-14-20(26(36)33-13-28(29,30)16(33)3)12-34-24(14)21(6-7-31-34)38-18-4-5-19-22(8-18)37-15(2)23(19)25(35)32-27-9-17(10-27)11-27/h4-8,12,16-17H,9-11,13H2,1-3H3,(H,32,35). The lowest BCUT2D eigenvalue weighted by atomic mass is 9.50. The second-order valence-corrected chi connectivity index (χ2v) is 11.0. The van der Waals surface area contributed by atoms with Crippen LogP contribution < -0.4 is 10.1 Å². The monoisotopic (exact) mass is 520 g/mol. The molecule has 3 aromatic heterocycles. The van der Waals surface area contributed by atoms with Gasteiger partial charge in [0, 0.05) is 29.3 Å². The van der Waals surface area contributed by atoms with Crippen LogP contribution in [0.1, 0.15) is 58.2 Å². The van der Waals surface area contributed by atoms with E-state index in [0.29, 0.717) is 50.4 Å². The number of carbonyl (C=O) groups is 2. The Labute approximate surface area is 216 Å². The number of nitrogens with one attached hydrogen (secondary N) is 1. The van der Waals surface area contributed by atoms with E-state index in [9.17, 15) is 18.4 Å². The molecule has 4 aliphatic rings. The van der Waals surface area contributed by atoms with Gasteiger partial charge in [0.1, 0.15) is 22.6 Å². The summed E-state index contributed by atoms with van der Waals surface area (Å²) in [4.78, 5) is 27.2. The molecule has 4 fully saturated rings. The van der Waals surface area contributed by atoms with E-state index in [4.69, 9.17) is 9.15 Å². The Morgan fingerprint density at radius 2 is 1.95 bits per heavy atom. The maximum absolute atomic E-state index is 13.7. The molecule has 2 amide bonds. The van der Waals surface area contributed by atoms with Crippen molar-refractivity contribution < 1.29 is 27.5 Å². The fraction of sp³-hybridized carbons (Fsp3) is 0.393. The molecule has 1 aromatic carbocycles. The number of aryl methyl sites for hydroxylation is 2. The number of likely N-dealkylation sites (tertiary alicyclic amines) is 1. The van der Waals surface area contributed by atoms with Crippen LogP contribution >= 0.6 is 0 Å². The van der Waals surface area contributed by atoms with E-state index in [1.165, 1.54) is 11.4 Å². The summed E-state index contributed by atoms with van der Waals surface area (Å²) in [5.74, 6) is -1.22. The van der Waals surface area contributed by atoms with Crippen molar-refractivity contribution in [1.29, 1.82) is 0 Å². The SMILES string of the molecule is Cc1oc2cc(Oc3ccnn4cc(C(=O)N5CC(F)(F)C5C)c(C)c34)ccc2c1C(=O)NC12CC(C1)C2. The van der Waals surface area contributed by atoms with Crippen molar-refractivity contribution in [2.75, 3.05) is 6.54 Å². The van der Waals surface area contributed by atoms with Gasteiger partial charge in [-0.1, -0.05) is 0 Å². The van der Waals surface area contributed by atoms with Gasteiger partial charge in [0.15, 0.2) is 5.75 Å². The topological polar surface area (TPSA) is 89.1 Å². The second-order valence-electron chi connectivity index (χ2n) is 11.0. The Morgan fingerprint density at radius 3 is 2.61 bits per heavy atom. The number of rotatable bonds is 5. The molecular weight excluding hydrogens is 494 g/mol. The molecule has 1 atom stereocenters. The maximum Gasteiger partial charge on any atom is 0.284 e. The van der Waals surface area contributed by atoms with Gasteiger partial charge in [-0.15, -0.1) is 0 Å². The molecule has 4 heterocycles. The van der Waals surface area contributed by atoms with Crippen LogP contribution in [-0.4, -0.2) is 50.4 Å². The van der Waals surface area contributed by atoms with Crippen molar-refractivity contribution >= 4 is 28.3 Å². The third-order valence-corrected chi connectivity index (χ3v) is 8.55. The molecule has 1 N–H and O–H groups in total. The number of ether oxygens (including phenoxy) is 1. The summed E-state index contributed by atoms with van der Waals surface area (Å²) in [7, 11) is 0.